The van der Waals surface area contributed by atoms with E-state index in [-0.39, 0.29) is 4.47 Å². The van der Waals surface area contributed by atoms with Crippen LogP contribution in [0.15, 0.2) is 22.7 Å². The molecule has 1 aromatic carbocycles. The molecule has 0 bridgehead atoms. The second-order valence-corrected chi connectivity index (χ2v) is 4.87. The van der Waals surface area contributed by atoms with Crippen molar-refractivity contribution in [3.8, 4) is 0 Å². The number of ketones is 1. The highest BCUT2D eigenvalue weighted by atomic mass is 79.9. The van der Waals surface area contributed by atoms with Crippen LogP contribution < -0.4 is 0 Å². The van der Waals surface area contributed by atoms with Crippen LogP contribution in [-0.2, 0) is 6.18 Å². The maximum Gasteiger partial charge on any atom is 0.417 e. The zero-order valence-corrected chi connectivity index (χ0v) is 11.0. The molecule has 17 heavy (non-hydrogen) atoms. The summed E-state index contributed by atoms with van der Waals surface area (Å²) in [4.78, 5) is 7.19. The highest BCUT2D eigenvalue weighted by molar-refractivity contribution is 9.10. The van der Waals surface area contributed by atoms with Gasteiger partial charge in [-0.3, -0.25) is 4.79 Å². The minimum atomic E-state index is -4.73. The Morgan fingerprint density at radius 1 is 1.12 bits per heavy atom. The van der Waals surface area contributed by atoms with Crippen LogP contribution in [0.3, 0.4) is 0 Å². The van der Waals surface area contributed by atoms with Gasteiger partial charge in [0.25, 0.3) is 0 Å². The largest absolute Gasteiger partial charge is 0.417 e. The molecule has 0 saturated heterocycles. The smallest absolute Gasteiger partial charge is 0.286 e. The van der Waals surface area contributed by atoms with Crippen molar-refractivity contribution in [3.05, 3.63) is 33.8 Å². The van der Waals surface area contributed by atoms with Gasteiger partial charge >= 0.3 is 11.0 Å². The lowest BCUT2D eigenvalue weighted by Gasteiger charge is -2.12. The molecule has 0 N–H and O–H groups in total. The summed E-state index contributed by atoms with van der Waals surface area (Å²) in [6.45, 7) is 0. The molecule has 8 heteroatoms. The molecule has 0 unspecified atom stereocenters. The summed E-state index contributed by atoms with van der Waals surface area (Å²) in [6, 6.07) is 2.16. The Balaban J connectivity index is 3.28. The van der Waals surface area contributed by atoms with Gasteiger partial charge in [0.1, 0.15) is 0 Å². The maximum absolute atomic E-state index is 12.6. The number of Topliss-reactive ketones (excluding diaryl/α,β-unsaturated/α-hetero) is 1. The van der Waals surface area contributed by atoms with Crippen molar-refractivity contribution < 1.29 is 26.7 Å². The quantitative estimate of drug-likeness (QED) is 0.414. The number of rotatable bonds is 2. The molecule has 94 valence electrons. The number of alkyl halides is 6. The van der Waals surface area contributed by atoms with E-state index in [1.807, 2.05) is 0 Å². The van der Waals surface area contributed by atoms with Gasteiger partial charge in [-0.2, -0.15) is 22.0 Å². The normalized spacial score (nSPS) is 12.6. The summed E-state index contributed by atoms with van der Waals surface area (Å²) in [7, 11) is 0. The van der Waals surface area contributed by atoms with Gasteiger partial charge in [0.2, 0.25) is 5.78 Å². The average Bonchev–Trinajstić information content (AvgIpc) is 2.14. The minimum Gasteiger partial charge on any atom is -0.286 e. The molecule has 0 aliphatic heterocycles. The highest BCUT2D eigenvalue weighted by Gasteiger charge is 2.38. The summed E-state index contributed by atoms with van der Waals surface area (Å²) in [5, 5.41) is 0. The Kier molecular flexibility index (Phi) is 3.97. The predicted octanol–water partition coefficient (Wildman–Crippen LogP) is 4.64. The third kappa shape index (κ3) is 3.48. The van der Waals surface area contributed by atoms with Crippen LogP contribution in [0.4, 0.5) is 22.0 Å². The summed E-state index contributed by atoms with van der Waals surface area (Å²) >= 11 is 4.43. The van der Waals surface area contributed by atoms with Gasteiger partial charge in [-0.15, -0.1) is 0 Å². The first-order valence-electron chi connectivity index (χ1n) is 4.02. The zero-order chi connectivity index (χ0) is 13.4. The van der Waals surface area contributed by atoms with Gasteiger partial charge in [-0.05, 0) is 34.1 Å². The Labute approximate surface area is 109 Å². The van der Waals surface area contributed by atoms with Gasteiger partial charge in [0.15, 0.2) is 0 Å². The Morgan fingerprint density at radius 2 is 1.65 bits per heavy atom. The lowest BCUT2D eigenvalue weighted by molar-refractivity contribution is -0.138. The molecule has 0 aliphatic rings. The van der Waals surface area contributed by atoms with Crippen molar-refractivity contribution >= 4 is 37.6 Å². The van der Waals surface area contributed by atoms with E-state index in [1.54, 1.807) is 15.9 Å². The second-order valence-electron chi connectivity index (χ2n) is 3.02. The van der Waals surface area contributed by atoms with Crippen LogP contribution in [0.2, 0.25) is 0 Å². The van der Waals surface area contributed by atoms with E-state index < -0.39 is 27.9 Å². The molecule has 0 fully saturated rings. The van der Waals surface area contributed by atoms with E-state index in [1.165, 1.54) is 0 Å². The molecular formula is C9H3Br2F5O. The second kappa shape index (κ2) is 4.64. The van der Waals surface area contributed by atoms with Crippen LogP contribution in [0.1, 0.15) is 15.9 Å². The van der Waals surface area contributed by atoms with Crippen molar-refractivity contribution in [2.75, 3.05) is 0 Å². The first-order chi connectivity index (χ1) is 7.53. The van der Waals surface area contributed by atoms with E-state index in [9.17, 15) is 26.7 Å². The molecule has 1 aromatic rings. The minimum absolute atomic E-state index is 0.320. The van der Waals surface area contributed by atoms with Crippen molar-refractivity contribution in [1.29, 1.82) is 0 Å². The van der Waals surface area contributed by atoms with E-state index in [0.717, 1.165) is 12.1 Å². The number of benzene rings is 1. The third-order valence-corrected chi connectivity index (χ3v) is 2.84. The predicted molar refractivity (Wildman–Crippen MR) is 57.3 cm³/mol. The van der Waals surface area contributed by atoms with Gasteiger partial charge in [0, 0.05) is 10.0 Å². The summed E-state index contributed by atoms with van der Waals surface area (Å²) < 4.78 is 62.2. The molecular weight excluding hydrogens is 379 g/mol. The molecule has 0 heterocycles. The molecule has 0 atom stereocenters. The monoisotopic (exact) mass is 380 g/mol. The van der Waals surface area contributed by atoms with E-state index in [0.29, 0.717) is 6.07 Å². The van der Waals surface area contributed by atoms with Gasteiger partial charge in [-0.25, -0.2) is 0 Å². The van der Waals surface area contributed by atoms with Crippen molar-refractivity contribution in [2.45, 2.75) is 11.0 Å². The number of hydrogen-bond donors (Lipinski definition) is 0. The van der Waals surface area contributed by atoms with Gasteiger partial charge < -0.3 is 0 Å². The highest BCUT2D eigenvalue weighted by Crippen LogP contribution is 2.36. The summed E-state index contributed by atoms with van der Waals surface area (Å²) in [5.41, 5.74) is -1.90. The number of hydrogen-bond acceptors (Lipinski definition) is 1. The summed E-state index contributed by atoms with van der Waals surface area (Å²) in [6.07, 6.45) is -4.73. The van der Waals surface area contributed by atoms with Gasteiger partial charge in [-0.1, -0.05) is 15.9 Å². The van der Waals surface area contributed by atoms with Gasteiger partial charge in [0.05, 0.1) is 5.56 Å². The van der Waals surface area contributed by atoms with Crippen LogP contribution in [0.5, 0.6) is 0 Å². The van der Waals surface area contributed by atoms with Crippen molar-refractivity contribution in [1.82, 2.24) is 0 Å². The third-order valence-electron chi connectivity index (χ3n) is 1.79. The average molecular weight is 382 g/mol. The Morgan fingerprint density at radius 3 is 2.06 bits per heavy atom. The van der Waals surface area contributed by atoms with E-state index in [2.05, 4.69) is 15.9 Å². The zero-order valence-electron chi connectivity index (χ0n) is 7.79. The van der Waals surface area contributed by atoms with Crippen molar-refractivity contribution in [3.63, 3.8) is 0 Å². The molecule has 0 spiro atoms. The fourth-order valence-electron chi connectivity index (χ4n) is 1.05. The molecule has 0 saturated carbocycles. The lowest BCUT2D eigenvalue weighted by atomic mass is 10.1. The number of halogens is 7. The first-order valence-corrected chi connectivity index (χ1v) is 5.60. The standard InChI is InChI=1S/C9H3Br2F5O/c10-6-2-1-4(7(17)8(11,12)13)3-5(6)9(14,15)16/h1-3H. The fourth-order valence-corrected chi connectivity index (χ4v) is 1.75. The molecule has 1 rings (SSSR count). The molecule has 1 nitrogen and oxygen atoms in total. The van der Waals surface area contributed by atoms with Crippen molar-refractivity contribution in [2.24, 2.45) is 0 Å². The maximum atomic E-state index is 12.6. The van der Waals surface area contributed by atoms with Crippen LogP contribution in [-0.4, -0.2) is 10.6 Å². The summed E-state index contributed by atoms with van der Waals surface area (Å²) in [5.74, 6) is -1.73. The lowest BCUT2D eigenvalue weighted by Crippen LogP contribution is -2.21. The topological polar surface area (TPSA) is 17.1 Å². The number of carbonyl (C=O) groups excluding carboxylic acids is 1. The van der Waals surface area contributed by atoms with Crippen LogP contribution in [0.25, 0.3) is 0 Å². The SMILES string of the molecule is O=C(c1ccc(Br)c(C(F)(F)F)c1)C(F)(F)Br. The first kappa shape index (κ1) is 14.6. The van der Waals surface area contributed by atoms with Crippen LogP contribution in [0, 0.1) is 0 Å². The fraction of sp³-hybridized carbons (Fsp3) is 0.222. The molecule has 0 aliphatic carbocycles. The van der Waals surface area contributed by atoms with Crippen LogP contribution >= 0.6 is 31.9 Å². The molecule has 0 radical (unpaired) electrons. The van der Waals surface area contributed by atoms with E-state index >= 15 is 0 Å². The molecule has 0 aromatic heterocycles. The Hall–Kier alpha value is -0.500. The van der Waals surface area contributed by atoms with E-state index in [4.69, 9.17) is 0 Å². The Bertz CT molecular complexity index is 450. The number of carbonyl (C=O) groups is 1. The molecule has 0 amide bonds.